The second kappa shape index (κ2) is 10.4. The Hall–Kier alpha value is -2.70. The van der Waals surface area contributed by atoms with E-state index in [-0.39, 0.29) is 11.8 Å². The number of nitrogens with zero attached hydrogens (tertiary/aromatic N) is 1. The van der Waals surface area contributed by atoms with Gasteiger partial charge in [0.25, 0.3) is 0 Å². The van der Waals surface area contributed by atoms with Gasteiger partial charge in [-0.15, -0.1) is 0 Å². The fraction of sp³-hybridized carbons (Fsp3) is 0.417. The van der Waals surface area contributed by atoms with Crippen molar-refractivity contribution in [3.8, 4) is 0 Å². The van der Waals surface area contributed by atoms with Gasteiger partial charge >= 0.3 is 0 Å². The number of rotatable bonds is 8. The molecule has 0 bridgehead atoms. The minimum Gasteiger partial charge on any atom is -0.350 e. The average Bonchev–Trinajstić information content (AvgIpc) is 3.25. The van der Waals surface area contributed by atoms with Gasteiger partial charge in [-0.05, 0) is 49.3 Å². The van der Waals surface area contributed by atoms with Crippen LogP contribution in [0.3, 0.4) is 0 Å². The molecule has 2 aromatic rings. The van der Waals surface area contributed by atoms with Gasteiger partial charge in [-0.1, -0.05) is 54.1 Å². The quantitative estimate of drug-likeness (QED) is 0.622. The molecule has 2 unspecified atom stereocenters. The molecular formula is C24H32N4O2. The zero-order chi connectivity index (χ0) is 21.5. The van der Waals surface area contributed by atoms with Crippen LogP contribution in [-0.2, 0) is 29.1 Å². The maximum absolute atomic E-state index is 12.9. The smallest absolute Gasteiger partial charge is 0.243 e. The molecule has 1 fully saturated rings. The first-order valence-corrected chi connectivity index (χ1v) is 10.6. The predicted octanol–water partition coefficient (Wildman–Crippen LogP) is 2.02. The van der Waals surface area contributed by atoms with Crippen molar-refractivity contribution in [3.63, 3.8) is 0 Å². The molecule has 1 aliphatic heterocycles. The number of likely N-dealkylation sites (tertiary alicyclic amines) is 1. The Bertz CT molecular complexity index is 866. The van der Waals surface area contributed by atoms with Gasteiger partial charge in [-0.2, -0.15) is 0 Å². The summed E-state index contributed by atoms with van der Waals surface area (Å²) in [6, 6.07) is 15.0. The minimum absolute atomic E-state index is 0.116. The molecule has 6 nitrogen and oxygen atoms in total. The van der Waals surface area contributed by atoms with Gasteiger partial charge in [0.15, 0.2) is 0 Å². The van der Waals surface area contributed by atoms with Crippen molar-refractivity contribution in [2.75, 3.05) is 6.54 Å². The predicted molar refractivity (Wildman–Crippen MR) is 118 cm³/mol. The van der Waals surface area contributed by atoms with Crippen LogP contribution in [0.25, 0.3) is 0 Å². The third kappa shape index (κ3) is 5.68. The lowest BCUT2D eigenvalue weighted by atomic mass is 10.0. The fourth-order valence-corrected chi connectivity index (χ4v) is 3.93. The van der Waals surface area contributed by atoms with E-state index in [9.17, 15) is 9.59 Å². The van der Waals surface area contributed by atoms with Crippen LogP contribution < -0.4 is 16.8 Å². The molecule has 0 aromatic heterocycles. The highest BCUT2D eigenvalue weighted by Crippen LogP contribution is 2.20. The van der Waals surface area contributed by atoms with Crippen molar-refractivity contribution in [1.82, 2.24) is 10.2 Å². The monoisotopic (exact) mass is 408 g/mol. The molecule has 6 heteroatoms. The van der Waals surface area contributed by atoms with E-state index in [4.69, 9.17) is 11.5 Å². The molecule has 2 amide bonds. The van der Waals surface area contributed by atoms with Gasteiger partial charge < -0.3 is 21.7 Å². The van der Waals surface area contributed by atoms with Crippen LogP contribution in [0.2, 0.25) is 0 Å². The summed E-state index contributed by atoms with van der Waals surface area (Å²) in [4.78, 5) is 27.3. The van der Waals surface area contributed by atoms with Crippen LogP contribution in [0, 0.1) is 6.92 Å². The lowest BCUT2D eigenvalue weighted by Crippen LogP contribution is -2.51. The van der Waals surface area contributed by atoms with Gasteiger partial charge in [0.2, 0.25) is 11.8 Å². The summed E-state index contributed by atoms with van der Waals surface area (Å²) >= 11 is 0. The SMILES string of the molecule is Cc1cccc(CCC(N)C(=O)N2CCCC2C(=O)NCc2ccc(CN)cc2)c1. The van der Waals surface area contributed by atoms with Gasteiger partial charge in [0.1, 0.15) is 6.04 Å². The Balaban J connectivity index is 1.52. The van der Waals surface area contributed by atoms with E-state index in [2.05, 4.69) is 30.4 Å². The van der Waals surface area contributed by atoms with Crippen LogP contribution in [0.15, 0.2) is 48.5 Å². The molecule has 2 atom stereocenters. The van der Waals surface area contributed by atoms with Gasteiger partial charge in [-0.3, -0.25) is 9.59 Å². The lowest BCUT2D eigenvalue weighted by molar-refractivity contribution is -0.139. The second-order valence-corrected chi connectivity index (χ2v) is 8.06. The summed E-state index contributed by atoms with van der Waals surface area (Å²) < 4.78 is 0. The Morgan fingerprint density at radius 1 is 1.13 bits per heavy atom. The van der Waals surface area contributed by atoms with Crippen LogP contribution >= 0.6 is 0 Å². The summed E-state index contributed by atoms with van der Waals surface area (Å²) in [5.41, 5.74) is 16.3. The number of hydrogen-bond acceptors (Lipinski definition) is 4. The maximum atomic E-state index is 12.9. The summed E-state index contributed by atoms with van der Waals surface area (Å²) in [5, 5.41) is 2.96. The molecule has 0 aliphatic carbocycles. The summed E-state index contributed by atoms with van der Waals surface area (Å²) in [6.07, 6.45) is 2.81. The number of aryl methyl sites for hydroxylation is 2. The zero-order valence-electron chi connectivity index (χ0n) is 17.6. The molecule has 1 saturated heterocycles. The summed E-state index contributed by atoms with van der Waals surface area (Å²) in [6.45, 7) is 3.56. The van der Waals surface area contributed by atoms with Crippen LogP contribution in [-0.4, -0.2) is 35.3 Å². The number of amides is 2. The summed E-state index contributed by atoms with van der Waals surface area (Å²) in [5.74, 6) is -0.248. The third-order valence-corrected chi connectivity index (χ3v) is 5.71. The first-order valence-electron chi connectivity index (χ1n) is 10.6. The third-order valence-electron chi connectivity index (χ3n) is 5.71. The first kappa shape index (κ1) is 22.0. The topological polar surface area (TPSA) is 101 Å². The highest BCUT2D eigenvalue weighted by atomic mass is 16.2. The van der Waals surface area contributed by atoms with Crippen molar-refractivity contribution in [3.05, 3.63) is 70.8 Å². The van der Waals surface area contributed by atoms with Crippen molar-refractivity contribution in [1.29, 1.82) is 0 Å². The number of hydrogen-bond donors (Lipinski definition) is 3. The number of nitrogens with one attached hydrogen (secondary N) is 1. The normalized spacial score (nSPS) is 17.0. The van der Waals surface area contributed by atoms with Gasteiger partial charge in [-0.25, -0.2) is 0 Å². The zero-order valence-corrected chi connectivity index (χ0v) is 17.6. The van der Waals surface area contributed by atoms with Crippen molar-refractivity contribution >= 4 is 11.8 Å². The van der Waals surface area contributed by atoms with E-state index < -0.39 is 12.1 Å². The Kier molecular flexibility index (Phi) is 7.60. The Labute approximate surface area is 178 Å². The largest absolute Gasteiger partial charge is 0.350 e. The van der Waals surface area contributed by atoms with Gasteiger partial charge in [0.05, 0.1) is 6.04 Å². The van der Waals surface area contributed by atoms with E-state index in [1.807, 2.05) is 30.3 Å². The van der Waals surface area contributed by atoms with Crippen LogP contribution in [0.4, 0.5) is 0 Å². The fourth-order valence-electron chi connectivity index (χ4n) is 3.93. The lowest BCUT2D eigenvalue weighted by Gasteiger charge is -2.26. The molecule has 0 spiro atoms. The number of benzene rings is 2. The Morgan fingerprint density at radius 2 is 1.87 bits per heavy atom. The second-order valence-electron chi connectivity index (χ2n) is 8.06. The number of nitrogens with two attached hydrogens (primary N) is 2. The first-order chi connectivity index (χ1) is 14.5. The highest BCUT2D eigenvalue weighted by Gasteiger charge is 2.35. The van der Waals surface area contributed by atoms with Crippen LogP contribution in [0.5, 0.6) is 0 Å². The van der Waals surface area contributed by atoms with Crippen molar-refractivity contribution < 1.29 is 9.59 Å². The molecule has 5 N–H and O–H groups in total. The van der Waals surface area contributed by atoms with Crippen LogP contribution in [0.1, 0.15) is 41.5 Å². The van der Waals surface area contributed by atoms with E-state index in [1.54, 1.807) is 4.90 Å². The standard InChI is InChI=1S/C24H32N4O2/c1-17-4-2-5-18(14-17)11-12-21(26)24(30)28-13-3-6-22(28)23(29)27-16-20-9-7-19(15-25)8-10-20/h2,4-5,7-10,14,21-22H,3,6,11-13,15-16,25-26H2,1H3,(H,27,29). The molecule has 30 heavy (non-hydrogen) atoms. The van der Waals surface area contributed by atoms with E-state index >= 15 is 0 Å². The minimum atomic E-state index is -0.595. The van der Waals surface area contributed by atoms with Crippen molar-refractivity contribution in [2.24, 2.45) is 11.5 Å². The average molecular weight is 409 g/mol. The molecule has 0 saturated carbocycles. The molecule has 3 rings (SSSR count). The molecule has 0 radical (unpaired) electrons. The Morgan fingerprint density at radius 3 is 2.57 bits per heavy atom. The number of carbonyl (C=O) groups is 2. The highest BCUT2D eigenvalue weighted by molar-refractivity contribution is 5.90. The maximum Gasteiger partial charge on any atom is 0.243 e. The van der Waals surface area contributed by atoms with E-state index in [0.717, 1.165) is 24.0 Å². The molecule has 2 aromatic carbocycles. The molecule has 1 aliphatic rings. The molecule has 160 valence electrons. The van der Waals surface area contributed by atoms with E-state index in [0.29, 0.717) is 32.5 Å². The summed E-state index contributed by atoms with van der Waals surface area (Å²) in [7, 11) is 0. The number of carbonyl (C=O) groups excluding carboxylic acids is 2. The van der Waals surface area contributed by atoms with Crippen molar-refractivity contribution in [2.45, 2.75) is 57.8 Å². The molecular weight excluding hydrogens is 376 g/mol. The van der Waals surface area contributed by atoms with E-state index in [1.165, 1.54) is 11.1 Å². The van der Waals surface area contributed by atoms with Gasteiger partial charge in [0, 0.05) is 19.6 Å². The molecule has 1 heterocycles.